The molecule has 0 aromatic carbocycles. The molecule has 5 nitrogen and oxygen atoms in total. The molecule has 15 heavy (non-hydrogen) atoms. The third kappa shape index (κ3) is 1.72. The second-order valence-electron chi connectivity index (χ2n) is 3.58. The summed E-state index contributed by atoms with van der Waals surface area (Å²) in [4.78, 5) is 26.9. The number of rotatable bonds is 2. The van der Waals surface area contributed by atoms with Crippen molar-refractivity contribution in [2.75, 3.05) is 6.54 Å². The van der Waals surface area contributed by atoms with Gasteiger partial charge in [0.05, 0.1) is 0 Å². The number of H-pyrrole nitrogens is 1. The van der Waals surface area contributed by atoms with Crippen LogP contribution >= 0.6 is 0 Å². The highest BCUT2D eigenvalue weighted by Gasteiger charge is 2.34. The van der Waals surface area contributed by atoms with Crippen molar-refractivity contribution >= 4 is 11.9 Å². The molecule has 5 heteroatoms. The number of hydrogen-bond donors (Lipinski definition) is 2. The lowest BCUT2D eigenvalue weighted by atomic mass is 10.2. The fraction of sp³-hybridized carbons (Fsp3) is 0.400. The molecule has 1 aliphatic heterocycles. The lowest BCUT2D eigenvalue weighted by Gasteiger charge is -2.20. The third-order valence-electron chi connectivity index (χ3n) is 2.63. The van der Waals surface area contributed by atoms with Gasteiger partial charge in [-0.05, 0) is 25.0 Å². The molecular weight excluding hydrogens is 196 g/mol. The Hall–Kier alpha value is -1.78. The minimum Gasteiger partial charge on any atom is -0.480 e. The van der Waals surface area contributed by atoms with E-state index in [1.54, 1.807) is 18.3 Å². The molecule has 0 radical (unpaired) electrons. The summed E-state index contributed by atoms with van der Waals surface area (Å²) in [5.74, 6) is -1.16. The highest BCUT2D eigenvalue weighted by atomic mass is 16.4. The second-order valence-corrected chi connectivity index (χ2v) is 3.58. The van der Waals surface area contributed by atoms with Crippen LogP contribution in [-0.4, -0.2) is 39.5 Å². The summed E-state index contributed by atoms with van der Waals surface area (Å²) in [5.41, 5.74) is 0.447. The van der Waals surface area contributed by atoms with Gasteiger partial charge in [-0.1, -0.05) is 0 Å². The van der Waals surface area contributed by atoms with Gasteiger partial charge in [0.15, 0.2) is 0 Å². The molecule has 0 saturated carbocycles. The van der Waals surface area contributed by atoms with E-state index in [1.165, 1.54) is 4.90 Å². The van der Waals surface area contributed by atoms with E-state index in [4.69, 9.17) is 5.11 Å². The Morgan fingerprint density at radius 1 is 1.53 bits per heavy atom. The van der Waals surface area contributed by atoms with Gasteiger partial charge >= 0.3 is 5.97 Å². The van der Waals surface area contributed by atoms with Crippen LogP contribution in [0.2, 0.25) is 0 Å². The Kier molecular flexibility index (Phi) is 2.45. The van der Waals surface area contributed by atoms with Crippen LogP contribution in [0.1, 0.15) is 23.3 Å². The number of likely N-dealkylation sites (tertiary alicyclic amines) is 1. The molecule has 2 heterocycles. The number of carbonyl (C=O) groups is 2. The van der Waals surface area contributed by atoms with Gasteiger partial charge in [0.1, 0.15) is 11.7 Å². The average Bonchev–Trinajstić information content (AvgIpc) is 2.88. The van der Waals surface area contributed by atoms with Crippen LogP contribution in [0.4, 0.5) is 0 Å². The second kappa shape index (κ2) is 3.76. The summed E-state index contributed by atoms with van der Waals surface area (Å²) >= 11 is 0. The van der Waals surface area contributed by atoms with Crippen molar-refractivity contribution in [3.63, 3.8) is 0 Å². The van der Waals surface area contributed by atoms with E-state index in [1.807, 2.05) is 0 Å². The molecule has 1 fully saturated rings. The van der Waals surface area contributed by atoms with Gasteiger partial charge < -0.3 is 15.0 Å². The zero-order valence-electron chi connectivity index (χ0n) is 8.14. The molecule has 1 aliphatic rings. The van der Waals surface area contributed by atoms with Crippen molar-refractivity contribution in [1.82, 2.24) is 9.88 Å². The summed E-state index contributed by atoms with van der Waals surface area (Å²) in [6.45, 7) is 0.523. The summed E-state index contributed by atoms with van der Waals surface area (Å²) in [5, 5.41) is 8.93. The van der Waals surface area contributed by atoms with Crippen LogP contribution in [-0.2, 0) is 4.79 Å². The number of aliphatic carboxylic acids is 1. The topological polar surface area (TPSA) is 73.4 Å². The third-order valence-corrected chi connectivity index (χ3v) is 2.63. The summed E-state index contributed by atoms with van der Waals surface area (Å²) in [6.07, 6.45) is 2.95. The van der Waals surface area contributed by atoms with Crippen molar-refractivity contribution in [1.29, 1.82) is 0 Å². The van der Waals surface area contributed by atoms with E-state index in [0.29, 0.717) is 18.7 Å². The largest absolute Gasteiger partial charge is 0.480 e. The monoisotopic (exact) mass is 208 g/mol. The number of nitrogens with one attached hydrogen (secondary N) is 1. The van der Waals surface area contributed by atoms with Gasteiger partial charge in [-0.15, -0.1) is 0 Å². The first-order chi connectivity index (χ1) is 7.20. The van der Waals surface area contributed by atoms with E-state index in [-0.39, 0.29) is 5.91 Å². The fourth-order valence-corrected chi connectivity index (χ4v) is 1.88. The Morgan fingerprint density at radius 3 is 2.93 bits per heavy atom. The van der Waals surface area contributed by atoms with Crippen molar-refractivity contribution in [2.45, 2.75) is 18.9 Å². The van der Waals surface area contributed by atoms with Gasteiger partial charge in [0.25, 0.3) is 5.91 Å². The van der Waals surface area contributed by atoms with Crippen LogP contribution in [0.3, 0.4) is 0 Å². The predicted octanol–water partition coefficient (Wildman–Crippen LogP) is 0.704. The highest BCUT2D eigenvalue weighted by Crippen LogP contribution is 2.19. The first-order valence-corrected chi connectivity index (χ1v) is 4.87. The molecule has 0 unspecified atom stereocenters. The maximum Gasteiger partial charge on any atom is 0.326 e. The number of carbonyl (C=O) groups excluding carboxylic acids is 1. The fourth-order valence-electron chi connectivity index (χ4n) is 1.88. The number of amides is 1. The van der Waals surface area contributed by atoms with Crippen LogP contribution in [0.5, 0.6) is 0 Å². The lowest BCUT2D eigenvalue weighted by Crippen LogP contribution is -2.40. The van der Waals surface area contributed by atoms with E-state index < -0.39 is 12.0 Å². The maximum atomic E-state index is 11.9. The van der Waals surface area contributed by atoms with Crippen LogP contribution in [0, 0.1) is 0 Å². The first-order valence-electron chi connectivity index (χ1n) is 4.87. The molecule has 0 aliphatic carbocycles. The average molecular weight is 208 g/mol. The molecule has 2 N–H and O–H groups in total. The summed E-state index contributed by atoms with van der Waals surface area (Å²) in [6, 6.07) is 2.71. The number of aromatic amines is 1. The smallest absolute Gasteiger partial charge is 0.326 e. The van der Waals surface area contributed by atoms with Gasteiger partial charge in [-0.2, -0.15) is 0 Å². The van der Waals surface area contributed by atoms with Gasteiger partial charge in [0, 0.05) is 12.7 Å². The van der Waals surface area contributed by atoms with Crippen molar-refractivity contribution in [3.8, 4) is 0 Å². The number of hydrogen-bond acceptors (Lipinski definition) is 2. The lowest BCUT2D eigenvalue weighted by molar-refractivity contribution is -0.141. The Balaban J connectivity index is 2.17. The maximum absolute atomic E-state index is 11.9. The molecule has 0 spiro atoms. The quantitative estimate of drug-likeness (QED) is 0.751. The molecule has 0 bridgehead atoms. The number of carboxylic acid groups (broad SMARTS) is 1. The molecule has 1 aromatic rings. The standard InChI is InChI=1S/C10H12N2O3/c13-9(7-3-1-5-11-7)12-6-2-4-8(12)10(14)15/h1,3,5,8,11H,2,4,6H2,(H,14,15)/t8-/m1/s1. The zero-order chi connectivity index (χ0) is 10.8. The van der Waals surface area contributed by atoms with Crippen molar-refractivity contribution in [3.05, 3.63) is 24.0 Å². The molecule has 1 atom stereocenters. The number of carboxylic acids is 1. The SMILES string of the molecule is O=C(O)[C@H]1CCCN1C(=O)c1ccc[nH]1. The molecule has 1 aromatic heterocycles. The Bertz CT molecular complexity index is 372. The van der Waals surface area contributed by atoms with E-state index in [9.17, 15) is 9.59 Å². The van der Waals surface area contributed by atoms with E-state index >= 15 is 0 Å². The van der Waals surface area contributed by atoms with E-state index in [2.05, 4.69) is 4.98 Å². The minimum absolute atomic E-state index is 0.232. The van der Waals surface area contributed by atoms with Gasteiger partial charge in [0.2, 0.25) is 0 Å². The van der Waals surface area contributed by atoms with Crippen LogP contribution < -0.4 is 0 Å². The summed E-state index contributed by atoms with van der Waals surface area (Å²) < 4.78 is 0. The molecule has 1 saturated heterocycles. The Morgan fingerprint density at radius 2 is 2.33 bits per heavy atom. The van der Waals surface area contributed by atoms with Gasteiger partial charge in [-0.25, -0.2) is 4.79 Å². The highest BCUT2D eigenvalue weighted by molar-refractivity contribution is 5.95. The number of nitrogens with zero attached hydrogens (tertiary/aromatic N) is 1. The minimum atomic E-state index is -0.924. The molecule has 1 amide bonds. The Labute approximate surface area is 86.7 Å². The van der Waals surface area contributed by atoms with Crippen molar-refractivity contribution in [2.24, 2.45) is 0 Å². The molecule has 2 rings (SSSR count). The summed E-state index contributed by atoms with van der Waals surface area (Å²) in [7, 11) is 0. The molecular formula is C10H12N2O3. The number of aromatic nitrogens is 1. The molecule has 80 valence electrons. The van der Waals surface area contributed by atoms with Crippen molar-refractivity contribution < 1.29 is 14.7 Å². The van der Waals surface area contributed by atoms with Crippen LogP contribution in [0.15, 0.2) is 18.3 Å². The van der Waals surface area contributed by atoms with E-state index in [0.717, 1.165) is 6.42 Å². The first kappa shape index (κ1) is 9.76. The van der Waals surface area contributed by atoms with Gasteiger partial charge in [-0.3, -0.25) is 4.79 Å². The normalized spacial score (nSPS) is 20.5. The zero-order valence-corrected chi connectivity index (χ0v) is 8.14. The van der Waals surface area contributed by atoms with Crippen LogP contribution in [0.25, 0.3) is 0 Å². The predicted molar refractivity (Wildman–Crippen MR) is 52.5 cm³/mol.